The number of pyridine rings is 1. The zero-order valence-corrected chi connectivity index (χ0v) is 15.8. The van der Waals surface area contributed by atoms with E-state index >= 15 is 0 Å². The first-order valence-electron chi connectivity index (χ1n) is 9.41. The van der Waals surface area contributed by atoms with Gasteiger partial charge in [0.2, 0.25) is 0 Å². The number of benzene rings is 1. The number of rotatable bonds is 5. The van der Waals surface area contributed by atoms with E-state index < -0.39 is 0 Å². The Hall–Kier alpha value is -3.22. The van der Waals surface area contributed by atoms with Crippen LogP contribution in [0, 0.1) is 12.7 Å². The SMILES string of the molecule is Cc1nc(NCc2ccncc2)cc(N2CCN(c3ccc(F)cc3)CC2)n1. The number of nitrogens with zero attached hydrogens (tertiary/aromatic N) is 5. The van der Waals surface area contributed by atoms with Gasteiger partial charge in [-0.15, -0.1) is 0 Å². The summed E-state index contributed by atoms with van der Waals surface area (Å²) in [6.07, 6.45) is 3.57. The number of nitrogens with one attached hydrogen (secondary N) is 1. The molecule has 2 aromatic heterocycles. The Bertz CT molecular complexity index is 908. The third kappa shape index (κ3) is 4.36. The van der Waals surface area contributed by atoms with Crippen molar-refractivity contribution in [2.24, 2.45) is 0 Å². The number of aryl methyl sites for hydroxylation is 1. The standard InChI is InChI=1S/C21H23FN6/c1-16-25-20(24-15-17-6-8-23-9-7-17)14-21(26-16)28-12-10-27(11-13-28)19-4-2-18(22)3-5-19/h2-9,14H,10-13,15H2,1H3,(H,24,25,26). The number of hydrogen-bond donors (Lipinski definition) is 1. The van der Waals surface area contributed by atoms with Crippen LogP contribution in [0.1, 0.15) is 11.4 Å². The Morgan fingerprint density at radius 3 is 2.32 bits per heavy atom. The molecule has 1 aromatic carbocycles. The number of anilines is 3. The predicted molar refractivity (Wildman–Crippen MR) is 109 cm³/mol. The van der Waals surface area contributed by atoms with Crippen LogP contribution in [0.15, 0.2) is 54.9 Å². The highest BCUT2D eigenvalue weighted by Crippen LogP contribution is 2.21. The molecule has 3 aromatic rings. The molecule has 1 aliphatic rings. The summed E-state index contributed by atoms with van der Waals surface area (Å²) in [5.41, 5.74) is 2.21. The first-order chi connectivity index (χ1) is 13.7. The summed E-state index contributed by atoms with van der Waals surface area (Å²) >= 11 is 0. The second kappa shape index (κ2) is 8.21. The Morgan fingerprint density at radius 1 is 0.929 bits per heavy atom. The molecule has 144 valence electrons. The van der Waals surface area contributed by atoms with Gasteiger partial charge in [-0.25, -0.2) is 14.4 Å². The maximum absolute atomic E-state index is 13.1. The first kappa shape index (κ1) is 18.2. The number of hydrogen-bond acceptors (Lipinski definition) is 6. The van der Waals surface area contributed by atoms with E-state index in [0.29, 0.717) is 6.54 Å². The van der Waals surface area contributed by atoms with Crippen molar-refractivity contribution >= 4 is 17.3 Å². The summed E-state index contributed by atoms with van der Waals surface area (Å²) in [5.74, 6) is 2.30. The van der Waals surface area contributed by atoms with E-state index in [-0.39, 0.29) is 5.82 Å². The smallest absolute Gasteiger partial charge is 0.134 e. The maximum Gasteiger partial charge on any atom is 0.134 e. The highest BCUT2D eigenvalue weighted by Gasteiger charge is 2.19. The van der Waals surface area contributed by atoms with E-state index in [1.165, 1.54) is 12.1 Å². The lowest BCUT2D eigenvalue weighted by molar-refractivity contribution is 0.624. The molecule has 0 unspecified atom stereocenters. The molecule has 4 rings (SSSR count). The maximum atomic E-state index is 13.1. The molecule has 0 amide bonds. The lowest BCUT2D eigenvalue weighted by Gasteiger charge is -2.36. The van der Waals surface area contributed by atoms with Gasteiger partial charge in [-0.05, 0) is 48.9 Å². The summed E-state index contributed by atoms with van der Waals surface area (Å²) in [6, 6.07) is 12.7. The van der Waals surface area contributed by atoms with Crippen LogP contribution in [-0.4, -0.2) is 41.1 Å². The van der Waals surface area contributed by atoms with E-state index in [2.05, 4.69) is 30.1 Å². The second-order valence-corrected chi connectivity index (χ2v) is 6.82. The van der Waals surface area contributed by atoms with Gasteiger partial charge < -0.3 is 15.1 Å². The molecule has 0 spiro atoms. The molecule has 7 heteroatoms. The minimum Gasteiger partial charge on any atom is -0.368 e. The van der Waals surface area contributed by atoms with Crippen molar-refractivity contribution in [3.8, 4) is 0 Å². The van der Waals surface area contributed by atoms with Crippen molar-refractivity contribution in [2.75, 3.05) is 41.3 Å². The van der Waals surface area contributed by atoms with Gasteiger partial charge in [-0.2, -0.15) is 0 Å². The molecule has 0 radical (unpaired) electrons. The van der Waals surface area contributed by atoms with Gasteiger partial charge in [0.15, 0.2) is 0 Å². The third-order valence-electron chi connectivity index (χ3n) is 4.84. The molecule has 0 atom stereocenters. The van der Waals surface area contributed by atoms with Crippen molar-refractivity contribution in [3.05, 3.63) is 72.1 Å². The summed E-state index contributed by atoms with van der Waals surface area (Å²) in [4.78, 5) is 17.7. The van der Waals surface area contributed by atoms with Crippen molar-refractivity contribution < 1.29 is 4.39 Å². The highest BCUT2D eigenvalue weighted by molar-refractivity contribution is 5.53. The molecular formula is C21H23FN6. The second-order valence-electron chi connectivity index (χ2n) is 6.82. The average Bonchev–Trinajstić information content (AvgIpc) is 2.73. The van der Waals surface area contributed by atoms with Crippen LogP contribution in [0.5, 0.6) is 0 Å². The Morgan fingerprint density at radius 2 is 1.61 bits per heavy atom. The van der Waals surface area contributed by atoms with Gasteiger partial charge in [-0.3, -0.25) is 4.98 Å². The van der Waals surface area contributed by atoms with Crippen molar-refractivity contribution in [1.29, 1.82) is 0 Å². The molecule has 1 aliphatic heterocycles. The molecular weight excluding hydrogens is 355 g/mol. The Kier molecular flexibility index (Phi) is 5.32. The van der Waals surface area contributed by atoms with E-state index in [0.717, 1.165) is 54.9 Å². The topological polar surface area (TPSA) is 57.2 Å². The molecule has 0 aliphatic carbocycles. The van der Waals surface area contributed by atoms with Crippen LogP contribution >= 0.6 is 0 Å². The minimum atomic E-state index is -0.203. The van der Waals surface area contributed by atoms with E-state index in [1.54, 1.807) is 12.4 Å². The van der Waals surface area contributed by atoms with E-state index in [9.17, 15) is 4.39 Å². The fourth-order valence-electron chi connectivity index (χ4n) is 3.34. The summed E-state index contributed by atoms with van der Waals surface area (Å²) in [6.45, 7) is 6.06. The minimum absolute atomic E-state index is 0.203. The summed E-state index contributed by atoms with van der Waals surface area (Å²) in [5, 5.41) is 3.37. The van der Waals surface area contributed by atoms with E-state index in [1.807, 2.05) is 37.3 Å². The third-order valence-corrected chi connectivity index (χ3v) is 4.84. The van der Waals surface area contributed by atoms with E-state index in [4.69, 9.17) is 0 Å². The van der Waals surface area contributed by atoms with Crippen LogP contribution in [0.25, 0.3) is 0 Å². The quantitative estimate of drug-likeness (QED) is 0.736. The normalized spacial score (nSPS) is 14.2. The number of halogens is 1. The van der Waals surface area contributed by atoms with Gasteiger partial charge >= 0.3 is 0 Å². The van der Waals surface area contributed by atoms with Gasteiger partial charge in [0.25, 0.3) is 0 Å². The summed E-state index contributed by atoms with van der Waals surface area (Å²) in [7, 11) is 0. The largest absolute Gasteiger partial charge is 0.368 e. The monoisotopic (exact) mass is 378 g/mol. The van der Waals surface area contributed by atoms with Crippen molar-refractivity contribution in [1.82, 2.24) is 15.0 Å². The van der Waals surface area contributed by atoms with Crippen LogP contribution < -0.4 is 15.1 Å². The van der Waals surface area contributed by atoms with Crippen molar-refractivity contribution in [2.45, 2.75) is 13.5 Å². The van der Waals surface area contributed by atoms with Crippen LogP contribution in [0.4, 0.5) is 21.7 Å². The molecule has 1 fully saturated rings. The van der Waals surface area contributed by atoms with Gasteiger partial charge in [0, 0.05) is 56.9 Å². The van der Waals surface area contributed by atoms with Crippen LogP contribution in [-0.2, 0) is 6.54 Å². The highest BCUT2D eigenvalue weighted by atomic mass is 19.1. The zero-order valence-electron chi connectivity index (χ0n) is 15.8. The fourth-order valence-corrected chi connectivity index (χ4v) is 3.34. The molecule has 3 heterocycles. The Balaban J connectivity index is 1.40. The van der Waals surface area contributed by atoms with Crippen LogP contribution in [0.2, 0.25) is 0 Å². The molecule has 28 heavy (non-hydrogen) atoms. The molecule has 1 N–H and O–H groups in total. The predicted octanol–water partition coefficient (Wildman–Crippen LogP) is 3.26. The zero-order chi connectivity index (χ0) is 19.3. The number of piperazine rings is 1. The lowest BCUT2D eigenvalue weighted by Crippen LogP contribution is -2.46. The molecule has 1 saturated heterocycles. The van der Waals surface area contributed by atoms with Crippen molar-refractivity contribution in [3.63, 3.8) is 0 Å². The first-order valence-corrected chi connectivity index (χ1v) is 9.41. The van der Waals surface area contributed by atoms with Gasteiger partial charge in [0.1, 0.15) is 23.3 Å². The number of aromatic nitrogens is 3. The Labute approximate surface area is 164 Å². The van der Waals surface area contributed by atoms with Gasteiger partial charge in [-0.1, -0.05) is 0 Å². The average molecular weight is 378 g/mol. The molecule has 0 saturated carbocycles. The molecule has 6 nitrogen and oxygen atoms in total. The molecule has 0 bridgehead atoms. The summed E-state index contributed by atoms with van der Waals surface area (Å²) < 4.78 is 13.1. The fraction of sp³-hybridized carbons (Fsp3) is 0.286. The van der Waals surface area contributed by atoms with Gasteiger partial charge in [0.05, 0.1) is 0 Å². The van der Waals surface area contributed by atoms with Crippen LogP contribution in [0.3, 0.4) is 0 Å². The lowest BCUT2D eigenvalue weighted by atomic mass is 10.2.